The number of hydrogen-bond acceptors (Lipinski definition) is 5. The zero-order chi connectivity index (χ0) is 26.0. The summed E-state index contributed by atoms with van der Waals surface area (Å²) in [6, 6.07) is 31.4. The van der Waals surface area contributed by atoms with Gasteiger partial charge in [-0.15, -0.1) is 0 Å². The molecule has 0 atom stereocenters. The van der Waals surface area contributed by atoms with E-state index in [4.69, 9.17) is 23.7 Å². The second-order valence-corrected chi connectivity index (χ2v) is 8.14. The van der Waals surface area contributed by atoms with Gasteiger partial charge < -0.3 is 23.7 Å². The van der Waals surface area contributed by atoms with E-state index in [9.17, 15) is 0 Å². The van der Waals surface area contributed by atoms with Gasteiger partial charge in [0, 0.05) is 23.3 Å². The van der Waals surface area contributed by atoms with Crippen molar-refractivity contribution in [3.8, 4) is 23.0 Å². The summed E-state index contributed by atoms with van der Waals surface area (Å²) < 4.78 is 28.9. The SMILES string of the molecule is COc1cc(OC)cc(/C(=C\c2ccccc2)O/C(=C/c2ccccc2)c2cc(OC)cc(OC)c2)c1. The van der Waals surface area contributed by atoms with Crippen molar-refractivity contribution in [3.05, 3.63) is 119 Å². The summed E-state index contributed by atoms with van der Waals surface area (Å²) in [4.78, 5) is 0. The average Bonchev–Trinajstić information content (AvgIpc) is 2.96. The van der Waals surface area contributed by atoms with Crippen LogP contribution in [0, 0.1) is 0 Å². The molecular weight excluding hydrogens is 464 g/mol. The second-order valence-electron chi connectivity index (χ2n) is 8.14. The fourth-order valence-electron chi connectivity index (χ4n) is 3.76. The largest absolute Gasteiger partial charge is 0.497 e. The molecular formula is C32H30O5. The van der Waals surface area contributed by atoms with Crippen LogP contribution in [-0.4, -0.2) is 28.4 Å². The molecule has 4 aromatic carbocycles. The Hall–Kier alpha value is -4.64. The number of hydrogen-bond donors (Lipinski definition) is 0. The number of benzene rings is 4. The minimum atomic E-state index is 0.618. The van der Waals surface area contributed by atoms with Gasteiger partial charge in [0.25, 0.3) is 0 Å². The van der Waals surface area contributed by atoms with E-state index < -0.39 is 0 Å². The first-order valence-electron chi connectivity index (χ1n) is 11.8. The summed E-state index contributed by atoms with van der Waals surface area (Å²) in [6.45, 7) is 0. The van der Waals surface area contributed by atoms with E-state index in [1.54, 1.807) is 28.4 Å². The van der Waals surface area contributed by atoms with Gasteiger partial charge in [-0.05, 0) is 47.5 Å². The monoisotopic (exact) mass is 494 g/mol. The van der Waals surface area contributed by atoms with Gasteiger partial charge >= 0.3 is 0 Å². The van der Waals surface area contributed by atoms with Gasteiger partial charge in [-0.2, -0.15) is 0 Å². The highest BCUT2D eigenvalue weighted by molar-refractivity contribution is 5.86. The Labute approximate surface area is 218 Å². The third kappa shape index (κ3) is 6.73. The zero-order valence-electron chi connectivity index (χ0n) is 21.4. The molecule has 0 radical (unpaired) electrons. The van der Waals surface area contributed by atoms with Crippen molar-refractivity contribution in [2.45, 2.75) is 0 Å². The minimum absolute atomic E-state index is 0.618. The Morgan fingerprint density at radius 2 is 0.784 bits per heavy atom. The zero-order valence-corrected chi connectivity index (χ0v) is 21.4. The first-order chi connectivity index (χ1) is 18.1. The average molecular weight is 495 g/mol. The molecule has 0 aliphatic carbocycles. The molecule has 0 N–H and O–H groups in total. The van der Waals surface area contributed by atoms with Crippen molar-refractivity contribution in [2.75, 3.05) is 28.4 Å². The van der Waals surface area contributed by atoms with E-state index in [2.05, 4.69) is 0 Å². The summed E-state index contributed by atoms with van der Waals surface area (Å²) in [7, 11) is 6.51. The molecule has 37 heavy (non-hydrogen) atoms. The van der Waals surface area contributed by atoms with Crippen LogP contribution < -0.4 is 18.9 Å². The molecule has 0 aliphatic rings. The van der Waals surface area contributed by atoms with Crippen LogP contribution in [0.1, 0.15) is 22.3 Å². The Morgan fingerprint density at radius 3 is 1.08 bits per heavy atom. The molecule has 0 spiro atoms. The molecule has 5 heteroatoms. The normalized spacial score (nSPS) is 11.6. The Bertz CT molecular complexity index is 1220. The maximum atomic E-state index is 6.73. The maximum Gasteiger partial charge on any atom is 0.135 e. The Kier molecular flexibility index (Phi) is 8.50. The number of rotatable bonds is 10. The van der Waals surface area contributed by atoms with Crippen LogP contribution >= 0.6 is 0 Å². The van der Waals surface area contributed by atoms with Crippen molar-refractivity contribution in [3.63, 3.8) is 0 Å². The molecule has 0 unspecified atom stereocenters. The van der Waals surface area contributed by atoms with Crippen molar-refractivity contribution >= 4 is 23.7 Å². The number of ether oxygens (including phenoxy) is 5. The van der Waals surface area contributed by atoms with E-state index in [0.717, 1.165) is 22.3 Å². The minimum Gasteiger partial charge on any atom is -0.497 e. The second kappa shape index (κ2) is 12.4. The lowest BCUT2D eigenvalue weighted by molar-refractivity contribution is 0.392. The highest BCUT2D eigenvalue weighted by atomic mass is 16.5. The topological polar surface area (TPSA) is 46.2 Å². The molecule has 0 bridgehead atoms. The van der Waals surface area contributed by atoms with Gasteiger partial charge in [0.2, 0.25) is 0 Å². The van der Waals surface area contributed by atoms with E-state index in [-0.39, 0.29) is 0 Å². The lowest BCUT2D eigenvalue weighted by Gasteiger charge is -2.17. The van der Waals surface area contributed by atoms with Crippen LogP contribution in [0.15, 0.2) is 97.1 Å². The summed E-state index contributed by atoms with van der Waals surface area (Å²) in [5.41, 5.74) is 3.57. The van der Waals surface area contributed by atoms with Gasteiger partial charge in [0.1, 0.15) is 34.5 Å². The first kappa shape index (κ1) is 25.5. The molecule has 0 aromatic heterocycles. The van der Waals surface area contributed by atoms with Crippen LogP contribution in [0.2, 0.25) is 0 Å². The summed E-state index contributed by atoms with van der Waals surface area (Å²) in [5.74, 6) is 3.88. The highest BCUT2D eigenvalue weighted by Gasteiger charge is 2.15. The lowest BCUT2D eigenvalue weighted by atomic mass is 10.1. The van der Waals surface area contributed by atoms with Gasteiger partial charge in [-0.25, -0.2) is 0 Å². The van der Waals surface area contributed by atoms with Gasteiger partial charge in [-0.3, -0.25) is 0 Å². The van der Waals surface area contributed by atoms with Crippen molar-refractivity contribution in [2.24, 2.45) is 0 Å². The van der Waals surface area contributed by atoms with Crippen molar-refractivity contribution in [1.29, 1.82) is 0 Å². The third-order valence-electron chi connectivity index (χ3n) is 5.69. The summed E-state index contributed by atoms with van der Waals surface area (Å²) in [6.07, 6.45) is 3.98. The molecule has 0 aliphatic heterocycles. The van der Waals surface area contributed by atoms with Crippen molar-refractivity contribution in [1.82, 2.24) is 0 Å². The van der Waals surface area contributed by atoms with E-state index in [1.807, 2.05) is 109 Å². The Balaban J connectivity index is 1.90. The molecule has 4 rings (SSSR count). The summed E-state index contributed by atoms with van der Waals surface area (Å²) >= 11 is 0. The van der Waals surface area contributed by atoms with Crippen LogP contribution in [0.4, 0.5) is 0 Å². The highest BCUT2D eigenvalue weighted by Crippen LogP contribution is 2.35. The Morgan fingerprint density at radius 1 is 0.459 bits per heavy atom. The molecule has 0 saturated carbocycles. The maximum absolute atomic E-state index is 6.73. The smallest absolute Gasteiger partial charge is 0.135 e. The summed E-state index contributed by atoms with van der Waals surface area (Å²) in [5, 5.41) is 0. The lowest BCUT2D eigenvalue weighted by Crippen LogP contribution is -1.98. The molecule has 0 amide bonds. The molecule has 0 heterocycles. The first-order valence-corrected chi connectivity index (χ1v) is 11.8. The molecule has 4 aromatic rings. The predicted octanol–water partition coefficient (Wildman–Crippen LogP) is 7.43. The standard InChI is InChI=1S/C32H30O5/c1-33-27-17-25(18-28(21-27)34-2)31(15-23-11-7-5-8-12-23)37-32(16-24-13-9-6-10-14-24)26-19-29(35-3)22-30(20-26)36-4/h5-22H,1-4H3/b31-15+,32-16+. The van der Waals surface area contributed by atoms with Crippen LogP contribution in [-0.2, 0) is 4.74 Å². The fraction of sp³-hybridized carbons (Fsp3) is 0.125. The van der Waals surface area contributed by atoms with Crippen LogP contribution in [0.3, 0.4) is 0 Å². The number of methoxy groups -OCH3 is 4. The molecule has 5 nitrogen and oxygen atoms in total. The molecule has 0 fully saturated rings. The van der Waals surface area contributed by atoms with E-state index >= 15 is 0 Å². The van der Waals surface area contributed by atoms with Gasteiger partial charge in [0.05, 0.1) is 28.4 Å². The van der Waals surface area contributed by atoms with E-state index in [1.165, 1.54) is 0 Å². The van der Waals surface area contributed by atoms with Crippen LogP contribution in [0.25, 0.3) is 23.7 Å². The van der Waals surface area contributed by atoms with Crippen LogP contribution in [0.5, 0.6) is 23.0 Å². The fourth-order valence-corrected chi connectivity index (χ4v) is 3.76. The predicted molar refractivity (Wildman–Crippen MR) is 149 cm³/mol. The van der Waals surface area contributed by atoms with Crippen molar-refractivity contribution < 1.29 is 23.7 Å². The van der Waals surface area contributed by atoms with E-state index in [0.29, 0.717) is 34.5 Å². The molecule has 188 valence electrons. The quantitative estimate of drug-likeness (QED) is 0.169. The molecule has 0 saturated heterocycles. The van der Waals surface area contributed by atoms with Gasteiger partial charge in [0.15, 0.2) is 0 Å². The van der Waals surface area contributed by atoms with Gasteiger partial charge in [-0.1, -0.05) is 60.7 Å². The third-order valence-corrected chi connectivity index (χ3v) is 5.69.